The lowest BCUT2D eigenvalue weighted by molar-refractivity contribution is 0.00819. The molecular formula is C49H52N16O6. The Balaban J connectivity index is 0.000000213. The van der Waals surface area contributed by atoms with Crippen LogP contribution in [0.25, 0.3) is 32.2 Å². The topological polar surface area (TPSA) is 308 Å². The SMILES string of the molecule is [C-]#[N+]c1ccnc(NC(=O)c2ccc(-c3nc([C@@H]4CCCCN4)n(N)c3C(N)=O)cc2)c1.[C-]#[N+]c1ccnc(NC(=O)c2ccc(-c3nc([C@@H]4CCCCN4C(=O)OC(C)(C)C)n(N)c3C(N)=O)cc2)c1. The lowest BCUT2D eigenvalue weighted by Crippen LogP contribution is -2.43. The molecule has 11 N–H and O–H groups in total. The highest BCUT2D eigenvalue weighted by atomic mass is 16.6. The average molecular weight is 961 g/mol. The van der Waals surface area contributed by atoms with E-state index in [2.05, 4.69) is 45.6 Å². The van der Waals surface area contributed by atoms with Crippen molar-refractivity contribution < 1.29 is 28.7 Å². The minimum atomic E-state index is -0.779. The van der Waals surface area contributed by atoms with E-state index in [1.807, 2.05) is 0 Å². The molecule has 0 bridgehead atoms. The van der Waals surface area contributed by atoms with Gasteiger partial charge in [-0.05, 0) is 108 Å². The number of nitrogens with zero attached hydrogens (tertiary/aromatic N) is 9. The second-order valence-corrected chi connectivity index (χ2v) is 17.6. The molecule has 22 nitrogen and oxygen atoms in total. The number of piperidine rings is 2. The Kier molecular flexibility index (Phi) is 15.0. The lowest BCUT2D eigenvalue weighted by atomic mass is 10.0. The number of pyridine rings is 2. The Bertz CT molecular complexity index is 3060. The van der Waals surface area contributed by atoms with Crippen LogP contribution in [0.1, 0.15) is 125 Å². The van der Waals surface area contributed by atoms with E-state index in [0.717, 1.165) is 43.3 Å². The number of nitrogen functional groups attached to an aromatic ring is 2. The minimum Gasteiger partial charge on any atom is -0.444 e. The van der Waals surface area contributed by atoms with Gasteiger partial charge in [0.05, 0.1) is 25.2 Å². The molecular weight excluding hydrogens is 909 g/mol. The smallest absolute Gasteiger partial charge is 0.410 e. The van der Waals surface area contributed by atoms with Crippen LogP contribution >= 0.6 is 0 Å². The number of rotatable bonds is 10. The molecule has 6 aromatic rings. The van der Waals surface area contributed by atoms with Crippen LogP contribution in [0.3, 0.4) is 0 Å². The first-order chi connectivity index (χ1) is 34.0. The normalized spacial score (nSPS) is 15.5. The molecule has 0 spiro atoms. The van der Waals surface area contributed by atoms with Crippen LogP contribution < -0.4 is 39.1 Å². The first-order valence-corrected chi connectivity index (χ1v) is 22.5. The fraction of sp³-hybridized carbons (Fsp3) is 0.286. The van der Waals surface area contributed by atoms with E-state index >= 15 is 0 Å². The minimum absolute atomic E-state index is 0.0166. The Morgan fingerprint density at radius 3 is 1.62 bits per heavy atom. The van der Waals surface area contributed by atoms with Gasteiger partial charge in [0.25, 0.3) is 23.6 Å². The van der Waals surface area contributed by atoms with Gasteiger partial charge >= 0.3 is 6.09 Å². The van der Waals surface area contributed by atoms with Gasteiger partial charge in [-0.15, -0.1) is 0 Å². The van der Waals surface area contributed by atoms with Gasteiger partial charge in [0.15, 0.2) is 28.6 Å². The van der Waals surface area contributed by atoms with Gasteiger partial charge in [0.2, 0.25) is 0 Å². The van der Waals surface area contributed by atoms with Crippen LogP contribution in [0.5, 0.6) is 0 Å². The average Bonchev–Trinajstić information content (AvgIpc) is 3.90. The molecule has 4 aromatic heterocycles. The molecule has 2 atom stereocenters. The highest BCUT2D eigenvalue weighted by Crippen LogP contribution is 2.35. The number of hydrogen-bond acceptors (Lipinski definition) is 13. The number of nitrogens with one attached hydrogen (secondary N) is 3. The van der Waals surface area contributed by atoms with Gasteiger partial charge in [-0.3, -0.25) is 24.1 Å². The van der Waals surface area contributed by atoms with Crippen LogP contribution in [-0.2, 0) is 4.74 Å². The van der Waals surface area contributed by atoms with Crippen molar-refractivity contribution in [2.75, 3.05) is 35.4 Å². The maximum absolute atomic E-state index is 12.9. The summed E-state index contributed by atoms with van der Waals surface area (Å²) in [6.45, 7) is 20.9. The summed E-state index contributed by atoms with van der Waals surface area (Å²) in [6, 6.07) is 18.5. The van der Waals surface area contributed by atoms with Crippen molar-refractivity contribution in [1.29, 1.82) is 0 Å². The Hall–Kier alpha value is -9.15. The van der Waals surface area contributed by atoms with Crippen LogP contribution in [0.4, 0.5) is 27.8 Å². The number of carbonyl (C=O) groups is 5. The molecule has 2 aliphatic rings. The summed E-state index contributed by atoms with van der Waals surface area (Å²) in [5.74, 6) is 11.7. The van der Waals surface area contributed by atoms with E-state index in [1.54, 1.807) is 86.3 Å². The fourth-order valence-corrected chi connectivity index (χ4v) is 8.12. The van der Waals surface area contributed by atoms with Gasteiger partial charge in [-0.2, -0.15) is 0 Å². The van der Waals surface area contributed by atoms with Crippen molar-refractivity contribution in [2.24, 2.45) is 11.5 Å². The predicted octanol–water partition coefficient (Wildman–Crippen LogP) is 6.40. The molecule has 8 rings (SSSR count). The summed E-state index contributed by atoms with van der Waals surface area (Å²) >= 11 is 0. The fourth-order valence-electron chi connectivity index (χ4n) is 8.12. The molecule has 2 fully saturated rings. The van der Waals surface area contributed by atoms with E-state index in [-0.39, 0.29) is 40.7 Å². The zero-order chi connectivity index (χ0) is 51.0. The van der Waals surface area contributed by atoms with Crippen LogP contribution in [0.15, 0.2) is 85.2 Å². The van der Waals surface area contributed by atoms with Crippen molar-refractivity contribution in [2.45, 2.75) is 77.0 Å². The number of nitrogens with two attached hydrogens (primary N) is 4. The molecule has 71 heavy (non-hydrogen) atoms. The number of ether oxygens (including phenoxy) is 1. The standard InChI is InChI=1S/C27H30N8O4.C22H22N8O2/c1-27(2,3)39-26(38)34-14-6-5-7-19(34)24-33-21(22(23(28)36)35(24)29)16-8-10-17(11-9-16)25(37)32-20-15-18(30-4)12-13-31-20;1-25-15-9-11-27-17(12-15)28-22(32)14-7-5-13(6-8-14)18-19(20(23)31)30(24)21(29-18)16-4-2-3-10-26-16/h8-13,15,19H,5-7,14,29H2,1-3H3,(H2,28,36)(H,31,32,37);5-9,11-12,16,26H,2-4,10,24H2,(H2,23,31)(H,27,28,32)/t19-;16-/m00/s1. The summed E-state index contributed by atoms with van der Waals surface area (Å²) in [5, 5.41) is 8.69. The second kappa shape index (κ2) is 21.4. The Labute approximate surface area is 408 Å². The largest absolute Gasteiger partial charge is 0.444 e. The van der Waals surface area contributed by atoms with Crippen LogP contribution in [-0.4, -0.2) is 82.6 Å². The highest BCUT2D eigenvalue weighted by molar-refractivity contribution is 6.05. The number of amides is 5. The zero-order valence-corrected chi connectivity index (χ0v) is 39.2. The van der Waals surface area contributed by atoms with Crippen molar-refractivity contribution >= 4 is 52.7 Å². The number of benzene rings is 2. The molecule has 364 valence electrons. The molecule has 0 saturated carbocycles. The summed E-state index contributed by atoms with van der Waals surface area (Å²) in [6.07, 6.45) is 7.65. The van der Waals surface area contributed by atoms with Crippen LogP contribution in [0, 0.1) is 13.1 Å². The molecule has 5 amide bonds. The van der Waals surface area contributed by atoms with Gasteiger partial charge in [-0.1, -0.05) is 30.7 Å². The first-order valence-electron chi connectivity index (χ1n) is 22.5. The summed E-state index contributed by atoms with van der Waals surface area (Å²) in [5.41, 5.74) is 13.9. The highest BCUT2D eigenvalue weighted by Gasteiger charge is 2.36. The van der Waals surface area contributed by atoms with Gasteiger partial charge in [-0.25, -0.2) is 43.8 Å². The first kappa shape index (κ1) is 49.7. The quantitative estimate of drug-likeness (QED) is 0.0578. The summed E-state index contributed by atoms with van der Waals surface area (Å²) in [4.78, 5) is 88.4. The zero-order valence-electron chi connectivity index (χ0n) is 39.2. The number of hydrogen-bond donors (Lipinski definition) is 7. The number of imidazole rings is 2. The third-order valence-electron chi connectivity index (χ3n) is 11.5. The molecule has 6 heterocycles. The molecule has 2 aliphatic heterocycles. The molecule has 0 radical (unpaired) electrons. The van der Waals surface area contributed by atoms with Crippen LogP contribution in [0.2, 0.25) is 0 Å². The molecule has 0 unspecified atom stereocenters. The maximum Gasteiger partial charge on any atom is 0.410 e. The number of likely N-dealkylation sites (tertiary alicyclic amines) is 1. The maximum atomic E-state index is 12.9. The number of primary amides is 2. The van der Waals surface area contributed by atoms with Gasteiger partial charge < -0.3 is 43.8 Å². The number of aromatic nitrogens is 6. The molecule has 22 heteroatoms. The van der Waals surface area contributed by atoms with E-state index in [4.69, 9.17) is 41.0 Å². The molecule has 0 aliphatic carbocycles. The summed E-state index contributed by atoms with van der Waals surface area (Å²) in [7, 11) is 0. The Morgan fingerprint density at radius 1 is 0.690 bits per heavy atom. The monoisotopic (exact) mass is 960 g/mol. The molecule has 2 saturated heterocycles. The van der Waals surface area contributed by atoms with Crippen molar-refractivity contribution in [1.82, 2.24) is 39.5 Å². The van der Waals surface area contributed by atoms with Crippen molar-refractivity contribution in [3.05, 3.63) is 142 Å². The number of carbonyl (C=O) groups excluding carboxylic acids is 5. The van der Waals surface area contributed by atoms with Crippen molar-refractivity contribution in [3.63, 3.8) is 0 Å². The predicted molar refractivity (Wildman–Crippen MR) is 264 cm³/mol. The number of anilines is 2. The van der Waals surface area contributed by atoms with E-state index in [0.29, 0.717) is 63.9 Å². The third kappa shape index (κ3) is 11.6. The van der Waals surface area contributed by atoms with E-state index < -0.39 is 35.5 Å². The lowest BCUT2D eigenvalue weighted by Gasteiger charge is -2.36. The third-order valence-corrected chi connectivity index (χ3v) is 11.5. The van der Waals surface area contributed by atoms with Gasteiger partial charge in [0, 0.05) is 41.2 Å². The summed E-state index contributed by atoms with van der Waals surface area (Å²) < 4.78 is 7.99. The van der Waals surface area contributed by atoms with E-state index in [1.165, 1.54) is 29.2 Å². The second-order valence-electron chi connectivity index (χ2n) is 17.6. The Morgan fingerprint density at radius 2 is 1.17 bits per heavy atom. The van der Waals surface area contributed by atoms with E-state index in [9.17, 15) is 24.0 Å². The van der Waals surface area contributed by atoms with Gasteiger partial charge in [0.1, 0.15) is 34.4 Å². The molecule has 2 aromatic carbocycles. The van der Waals surface area contributed by atoms with Crippen molar-refractivity contribution in [3.8, 4) is 22.5 Å².